The van der Waals surface area contributed by atoms with Gasteiger partial charge in [-0.25, -0.2) is 4.39 Å². The van der Waals surface area contributed by atoms with Crippen LogP contribution in [-0.2, 0) is 6.18 Å². The molecule has 0 radical (unpaired) electrons. The summed E-state index contributed by atoms with van der Waals surface area (Å²) >= 11 is 0. The van der Waals surface area contributed by atoms with Crippen molar-refractivity contribution >= 4 is 5.91 Å². The minimum atomic E-state index is -4.55. The maximum absolute atomic E-state index is 13.4. The average molecular weight is 355 g/mol. The summed E-state index contributed by atoms with van der Waals surface area (Å²) in [5.74, 6) is -0.938. The summed E-state index contributed by atoms with van der Waals surface area (Å²) in [6.07, 6.45) is -3.67. The number of halogens is 4. The van der Waals surface area contributed by atoms with Gasteiger partial charge < -0.3 is 10.2 Å². The highest BCUT2D eigenvalue weighted by Gasteiger charge is 2.32. The lowest BCUT2D eigenvalue weighted by atomic mass is 10.1. The molecule has 1 aromatic heterocycles. The molecule has 0 spiro atoms. The van der Waals surface area contributed by atoms with Gasteiger partial charge in [0, 0.05) is 12.7 Å². The van der Waals surface area contributed by atoms with Gasteiger partial charge in [0.1, 0.15) is 11.5 Å². The number of alkyl halides is 3. The molecule has 0 bridgehead atoms. The molecule has 0 saturated carbocycles. The van der Waals surface area contributed by atoms with Gasteiger partial charge in [-0.2, -0.15) is 13.2 Å². The highest BCUT2D eigenvalue weighted by Crippen LogP contribution is 2.27. The van der Waals surface area contributed by atoms with Crippen molar-refractivity contribution in [1.82, 2.24) is 15.2 Å². The van der Waals surface area contributed by atoms with E-state index in [2.05, 4.69) is 10.3 Å². The molecule has 0 aliphatic heterocycles. The number of pyridine rings is 1. The summed E-state index contributed by atoms with van der Waals surface area (Å²) in [5.41, 5.74) is -0.365. The summed E-state index contributed by atoms with van der Waals surface area (Å²) < 4.78 is 50.8. The first kappa shape index (κ1) is 18.9. The van der Waals surface area contributed by atoms with Gasteiger partial charge in [0.25, 0.3) is 5.91 Å². The molecule has 1 aromatic carbocycles. The number of carbonyl (C=O) groups excluding carboxylic acids is 1. The molecule has 0 aliphatic rings. The molecule has 2 rings (SSSR count). The van der Waals surface area contributed by atoms with Gasteiger partial charge in [0.05, 0.1) is 11.6 Å². The normalized spacial score (nSPS) is 12.9. The summed E-state index contributed by atoms with van der Waals surface area (Å²) in [5, 5.41) is 2.63. The SMILES string of the molecule is CN(C)C(CNC(=O)c1ccc(C(F)(F)F)nc1)c1cccc(F)c1. The fourth-order valence-corrected chi connectivity index (χ4v) is 2.30. The van der Waals surface area contributed by atoms with E-state index in [1.165, 1.54) is 12.1 Å². The number of hydrogen-bond acceptors (Lipinski definition) is 3. The Hall–Kier alpha value is -2.48. The monoisotopic (exact) mass is 355 g/mol. The third-order valence-electron chi connectivity index (χ3n) is 3.63. The molecule has 8 heteroatoms. The lowest BCUT2D eigenvalue weighted by molar-refractivity contribution is -0.141. The Kier molecular flexibility index (Phi) is 5.73. The van der Waals surface area contributed by atoms with Gasteiger partial charge in [0.2, 0.25) is 0 Å². The lowest BCUT2D eigenvalue weighted by Crippen LogP contribution is -2.34. The highest BCUT2D eigenvalue weighted by molar-refractivity contribution is 5.93. The van der Waals surface area contributed by atoms with Crippen molar-refractivity contribution in [1.29, 1.82) is 0 Å². The van der Waals surface area contributed by atoms with Crippen LogP contribution in [0.2, 0.25) is 0 Å². The van der Waals surface area contributed by atoms with Gasteiger partial charge in [0.15, 0.2) is 0 Å². The minimum Gasteiger partial charge on any atom is -0.350 e. The third-order valence-corrected chi connectivity index (χ3v) is 3.63. The predicted molar refractivity (Wildman–Crippen MR) is 84.4 cm³/mol. The zero-order chi connectivity index (χ0) is 18.6. The van der Waals surface area contributed by atoms with E-state index >= 15 is 0 Å². The molecule has 25 heavy (non-hydrogen) atoms. The minimum absolute atomic E-state index is 0.0183. The smallest absolute Gasteiger partial charge is 0.350 e. The van der Waals surface area contributed by atoms with Crippen molar-refractivity contribution in [2.45, 2.75) is 12.2 Å². The number of hydrogen-bond donors (Lipinski definition) is 1. The van der Waals surface area contributed by atoms with E-state index in [-0.39, 0.29) is 24.0 Å². The zero-order valence-corrected chi connectivity index (χ0v) is 13.6. The van der Waals surface area contributed by atoms with E-state index in [1.54, 1.807) is 31.1 Å². The highest BCUT2D eigenvalue weighted by atomic mass is 19.4. The molecule has 0 saturated heterocycles. The van der Waals surface area contributed by atoms with Gasteiger partial charge in [-0.05, 0) is 43.9 Å². The van der Waals surface area contributed by atoms with Crippen LogP contribution < -0.4 is 5.32 Å². The van der Waals surface area contributed by atoms with Crippen molar-refractivity contribution in [2.24, 2.45) is 0 Å². The number of likely N-dealkylation sites (N-methyl/N-ethyl adjacent to an activating group) is 1. The molecule has 1 atom stereocenters. The van der Waals surface area contributed by atoms with Crippen molar-refractivity contribution < 1.29 is 22.4 Å². The van der Waals surface area contributed by atoms with Crippen molar-refractivity contribution in [2.75, 3.05) is 20.6 Å². The van der Waals surface area contributed by atoms with Gasteiger partial charge in [-0.1, -0.05) is 12.1 Å². The second-order valence-corrected chi connectivity index (χ2v) is 5.67. The molecule has 1 amide bonds. The van der Waals surface area contributed by atoms with Crippen LogP contribution in [-0.4, -0.2) is 36.4 Å². The largest absolute Gasteiger partial charge is 0.433 e. The Morgan fingerprint density at radius 3 is 2.48 bits per heavy atom. The van der Waals surface area contributed by atoms with Crippen LogP contribution in [0.1, 0.15) is 27.7 Å². The quantitative estimate of drug-likeness (QED) is 0.838. The Morgan fingerprint density at radius 1 is 1.24 bits per heavy atom. The predicted octanol–water partition coefficient (Wildman–Crippen LogP) is 3.27. The van der Waals surface area contributed by atoms with Crippen molar-refractivity contribution in [3.05, 3.63) is 65.2 Å². The fraction of sp³-hybridized carbons (Fsp3) is 0.294. The number of benzene rings is 1. The number of carbonyl (C=O) groups is 1. The maximum Gasteiger partial charge on any atom is 0.433 e. The Bertz CT molecular complexity index is 729. The van der Waals surface area contributed by atoms with E-state index < -0.39 is 17.8 Å². The topological polar surface area (TPSA) is 45.2 Å². The molecule has 134 valence electrons. The average Bonchev–Trinajstić information content (AvgIpc) is 2.54. The van der Waals surface area contributed by atoms with E-state index in [9.17, 15) is 22.4 Å². The van der Waals surface area contributed by atoms with E-state index in [0.29, 0.717) is 5.56 Å². The van der Waals surface area contributed by atoms with E-state index in [0.717, 1.165) is 18.3 Å². The Morgan fingerprint density at radius 2 is 1.96 bits per heavy atom. The van der Waals surface area contributed by atoms with Crippen LogP contribution >= 0.6 is 0 Å². The maximum atomic E-state index is 13.4. The summed E-state index contributed by atoms with van der Waals surface area (Å²) in [6.45, 7) is 0.163. The zero-order valence-electron chi connectivity index (χ0n) is 13.6. The first-order chi connectivity index (χ1) is 11.7. The first-order valence-corrected chi connectivity index (χ1v) is 7.42. The number of nitrogens with one attached hydrogen (secondary N) is 1. The number of rotatable bonds is 5. The van der Waals surface area contributed by atoms with Crippen LogP contribution in [0.4, 0.5) is 17.6 Å². The first-order valence-electron chi connectivity index (χ1n) is 7.42. The van der Waals surface area contributed by atoms with Crippen LogP contribution in [0.25, 0.3) is 0 Å². The second kappa shape index (κ2) is 7.60. The summed E-state index contributed by atoms with van der Waals surface area (Å²) in [6, 6.07) is 7.53. The Labute approximate surface area is 142 Å². The lowest BCUT2D eigenvalue weighted by Gasteiger charge is -2.25. The van der Waals surface area contributed by atoms with Crippen LogP contribution in [0, 0.1) is 5.82 Å². The van der Waals surface area contributed by atoms with Gasteiger partial charge in [-0.15, -0.1) is 0 Å². The van der Waals surface area contributed by atoms with Crippen molar-refractivity contribution in [3.63, 3.8) is 0 Å². The van der Waals surface area contributed by atoms with Crippen LogP contribution in [0.3, 0.4) is 0 Å². The summed E-state index contributed by atoms with van der Waals surface area (Å²) in [7, 11) is 3.56. The van der Waals surface area contributed by atoms with Crippen molar-refractivity contribution in [3.8, 4) is 0 Å². The van der Waals surface area contributed by atoms with Crippen LogP contribution in [0.15, 0.2) is 42.6 Å². The second-order valence-electron chi connectivity index (χ2n) is 5.67. The van der Waals surface area contributed by atoms with Crippen LogP contribution in [0.5, 0.6) is 0 Å². The molecule has 4 nitrogen and oxygen atoms in total. The molecule has 0 aliphatic carbocycles. The Balaban J connectivity index is 2.06. The molecule has 1 N–H and O–H groups in total. The third kappa shape index (κ3) is 4.99. The standard InChI is InChI=1S/C17H17F4N3O/c1-24(2)14(11-4-3-5-13(18)8-11)10-23-16(25)12-6-7-15(22-9-12)17(19,20)21/h3-9,14H,10H2,1-2H3,(H,23,25). The number of aromatic nitrogens is 1. The molecule has 1 unspecified atom stereocenters. The molecule has 0 fully saturated rings. The van der Waals surface area contributed by atoms with Gasteiger partial charge >= 0.3 is 6.18 Å². The molecular formula is C17H17F4N3O. The van der Waals surface area contributed by atoms with E-state index in [4.69, 9.17) is 0 Å². The molecule has 2 aromatic rings. The number of nitrogens with zero attached hydrogens (tertiary/aromatic N) is 2. The fourth-order valence-electron chi connectivity index (χ4n) is 2.30. The number of amides is 1. The molecular weight excluding hydrogens is 338 g/mol. The van der Waals surface area contributed by atoms with E-state index in [1.807, 2.05) is 0 Å². The summed E-state index contributed by atoms with van der Waals surface area (Å²) in [4.78, 5) is 17.2. The molecule has 1 heterocycles. The van der Waals surface area contributed by atoms with Gasteiger partial charge in [-0.3, -0.25) is 9.78 Å².